The molecule has 2 aromatic carbocycles. The van der Waals surface area contributed by atoms with Crippen molar-refractivity contribution in [1.29, 1.82) is 0 Å². The highest BCUT2D eigenvalue weighted by Crippen LogP contribution is 2.30. The molecule has 1 N–H and O–H groups in total. The van der Waals surface area contributed by atoms with Crippen LogP contribution >= 0.6 is 0 Å². The average molecular weight is 275 g/mol. The lowest BCUT2D eigenvalue weighted by atomic mass is 10.0. The van der Waals surface area contributed by atoms with E-state index in [1.165, 1.54) is 5.56 Å². The Bertz CT molecular complexity index is 777. The van der Waals surface area contributed by atoms with Crippen molar-refractivity contribution in [2.24, 2.45) is 0 Å². The van der Waals surface area contributed by atoms with Gasteiger partial charge in [-0.3, -0.25) is 0 Å². The van der Waals surface area contributed by atoms with Crippen molar-refractivity contribution in [2.75, 3.05) is 5.32 Å². The van der Waals surface area contributed by atoms with E-state index >= 15 is 0 Å². The first-order valence-corrected chi connectivity index (χ1v) is 6.79. The largest absolute Gasteiger partial charge is 0.342 e. The molecule has 2 heterocycles. The van der Waals surface area contributed by atoms with Crippen LogP contribution in [0, 0.1) is 0 Å². The van der Waals surface area contributed by atoms with Crippen LogP contribution < -0.4 is 5.32 Å². The summed E-state index contributed by atoms with van der Waals surface area (Å²) in [5.74, 6) is 0.658. The number of aromatic nitrogens is 4. The third-order valence-corrected chi connectivity index (χ3v) is 3.54. The van der Waals surface area contributed by atoms with Gasteiger partial charge in [0.2, 0.25) is 5.95 Å². The lowest BCUT2D eigenvalue weighted by molar-refractivity contribution is 0.782. The molecule has 1 aliphatic rings. The fraction of sp³-hybridized carbons (Fsp3) is 0.0625. The molecule has 4 rings (SSSR count). The molecule has 0 spiro atoms. The Morgan fingerprint density at radius 3 is 2.38 bits per heavy atom. The zero-order valence-electron chi connectivity index (χ0n) is 11.2. The predicted octanol–water partition coefficient (Wildman–Crippen LogP) is 2.73. The van der Waals surface area contributed by atoms with Crippen LogP contribution in [-0.2, 0) is 0 Å². The van der Waals surface area contributed by atoms with Crippen molar-refractivity contribution >= 4 is 11.6 Å². The highest BCUT2D eigenvalue weighted by molar-refractivity contribution is 5.71. The first kappa shape index (κ1) is 11.8. The van der Waals surface area contributed by atoms with E-state index in [1.54, 1.807) is 4.68 Å². The molecule has 0 saturated heterocycles. The molecule has 1 unspecified atom stereocenters. The van der Waals surface area contributed by atoms with Crippen LogP contribution in [0.2, 0.25) is 0 Å². The molecule has 1 aromatic heterocycles. The lowest BCUT2D eigenvalue weighted by Gasteiger charge is -2.23. The number of nitrogens with zero attached hydrogens (tertiary/aromatic N) is 4. The minimum atomic E-state index is 0.0555. The monoisotopic (exact) mass is 275 g/mol. The molecule has 5 nitrogen and oxygen atoms in total. The van der Waals surface area contributed by atoms with Crippen LogP contribution in [0.4, 0.5) is 5.95 Å². The highest BCUT2D eigenvalue weighted by Gasteiger charge is 2.22. The number of rotatable bonds is 2. The minimum Gasteiger partial charge on any atom is -0.342 e. The molecule has 0 radical (unpaired) electrons. The Labute approximate surface area is 121 Å². The maximum atomic E-state index is 4.07. The van der Waals surface area contributed by atoms with E-state index in [2.05, 4.69) is 51.2 Å². The smallest absolute Gasteiger partial charge is 0.248 e. The van der Waals surface area contributed by atoms with Crippen LogP contribution in [0.25, 0.3) is 5.70 Å². The summed E-state index contributed by atoms with van der Waals surface area (Å²) < 4.78 is 1.73. The van der Waals surface area contributed by atoms with E-state index in [0.29, 0.717) is 5.95 Å². The van der Waals surface area contributed by atoms with Gasteiger partial charge < -0.3 is 5.32 Å². The molecule has 0 aliphatic carbocycles. The summed E-state index contributed by atoms with van der Waals surface area (Å²) in [6.45, 7) is 0. The van der Waals surface area contributed by atoms with Crippen molar-refractivity contribution < 1.29 is 0 Å². The molecule has 3 aromatic rings. The van der Waals surface area contributed by atoms with Crippen molar-refractivity contribution in [3.05, 3.63) is 77.9 Å². The van der Waals surface area contributed by atoms with Crippen LogP contribution in [-0.4, -0.2) is 20.2 Å². The summed E-state index contributed by atoms with van der Waals surface area (Å²) in [5.41, 5.74) is 3.26. The van der Waals surface area contributed by atoms with Gasteiger partial charge in [-0.1, -0.05) is 65.8 Å². The quantitative estimate of drug-likeness (QED) is 0.781. The number of hydrogen-bond donors (Lipinski definition) is 1. The van der Waals surface area contributed by atoms with Gasteiger partial charge in [-0.2, -0.15) is 4.68 Å². The average Bonchev–Trinajstić information content (AvgIpc) is 3.04. The molecular formula is C16H13N5. The molecule has 0 saturated carbocycles. The van der Waals surface area contributed by atoms with Crippen LogP contribution in [0.5, 0.6) is 0 Å². The van der Waals surface area contributed by atoms with Gasteiger partial charge in [-0.05, 0) is 22.1 Å². The lowest BCUT2D eigenvalue weighted by Crippen LogP contribution is -2.19. The van der Waals surface area contributed by atoms with Crippen molar-refractivity contribution in [1.82, 2.24) is 20.2 Å². The first-order valence-electron chi connectivity index (χ1n) is 6.79. The predicted molar refractivity (Wildman–Crippen MR) is 80.4 cm³/mol. The normalized spacial score (nSPS) is 16.8. The zero-order valence-corrected chi connectivity index (χ0v) is 11.2. The topological polar surface area (TPSA) is 55.6 Å². The third kappa shape index (κ3) is 2.08. The molecule has 1 atom stereocenters. The fourth-order valence-corrected chi connectivity index (χ4v) is 2.52. The second-order valence-corrected chi connectivity index (χ2v) is 4.86. The Morgan fingerprint density at radius 2 is 1.62 bits per heavy atom. The summed E-state index contributed by atoms with van der Waals surface area (Å²) in [4.78, 5) is 0. The van der Waals surface area contributed by atoms with Gasteiger partial charge in [0, 0.05) is 5.56 Å². The van der Waals surface area contributed by atoms with E-state index in [0.717, 1.165) is 11.3 Å². The number of hydrogen-bond acceptors (Lipinski definition) is 4. The van der Waals surface area contributed by atoms with E-state index in [4.69, 9.17) is 0 Å². The molecule has 102 valence electrons. The maximum absolute atomic E-state index is 4.07. The third-order valence-electron chi connectivity index (χ3n) is 3.54. The second-order valence-electron chi connectivity index (χ2n) is 4.86. The SMILES string of the molecule is C1=C(c2ccccc2)n2nnnc2NC1c1ccccc1. The van der Waals surface area contributed by atoms with Crippen LogP contribution in [0.1, 0.15) is 17.2 Å². The standard InChI is InChI=1S/C16H13N5/c1-3-7-12(8-4-1)14-11-15(13-9-5-2-6-10-13)21-16(17-14)18-19-20-21/h1-11,14H,(H,17,18,20). The van der Waals surface area contributed by atoms with Crippen molar-refractivity contribution in [2.45, 2.75) is 6.04 Å². The number of benzene rings is 2. The molecular weight excluding hydrogens is 262 g/mol. The van der Waals surface area contributed by atoms with Gasteiger partial charge >= 0.3 is 0 Å². The zero-order chi connectivity index (χ0) is 14.1. The van der Waals surface area contributed by atoms with E-state index in [9.17, 15) is 0 Å². The van der Waals surface area contributed by atoms with Gasteiger partial charge in [0.05, 0.1) is 11.7 Å². The summed E-state index contributed by atoms with van der Waals surface area (Å²) in [5, 5.41) is 15.2. The number of fused-ring (bicyclic) bond motifs is 1. The van der Waals surface area contributed by atoms with Crippen LogP contribution in [0.3, 0.4) is 0 Å². The number of nitrogens with one attached hydrogen (secondary N) is 1. The Balaban J connectivity index is 1.84. The van der Waals surface area contributed by atoms with Crippen LogP contribution in [0.15, 0.2) is 66.7 Å². The highest BCUT2D eigenvalue weighted by atomic mass is 15.6. The van der Waals surface area contributed by atoms with Gasteiger partial charge in [0.15, 0.2) is 0 Å². The molecule has 21 heavy (non-hydrogen) atoms. The number of tetrazole rings is 1. The molecule has 1 aliphatic heterocycles. The maximum Gasteiger partial charge on any atom is 0.248 e. The van der Waals surface area contributed by atoms with Crippen molar-refractivity contribution in [3.63, 3.8) is 0 Å². The summed E-state index contributed by atoms with van der Waals surface area (Å²) in [7, 11) is 0. The van der Waals surface area contributed by atoms with Gasteiger partial charge in [0.1, 0.15) is 0 Å². The Kier molecular flexibility index (Phi) is 2.74. The van der Waals surface area contributed by atoms with Gasteiger partial charge in [0.25, 0.3) is 0 Å². The summed E-state index contributed by atoms with van der Waals surface area (Å²) in [6.07, 6.45) is 2.15. The summed E-state index contributed by atoms with van der Waals surface area (Å²) >= 11 is 0. The van der Waals surface area contributed by atoms with E-state index in [1.807, 2.05) is 36.4 Å². The molecule has 0 bridgehead atoms. The van der Waals surface area contributed by atoms with Gasteiger partial charge in [-0.15, -0.1) is 0 Å². The minimum absolute atomic E-state index is 0.0555. The molecule has 0 fully saturated rings. The van der Waals surface area contributed by atoms with E-state index in [-0.39, 0.29) is 6.04 Å². The first-order chi connectivity index (χ1) is 10.4. The Morgan fingerprint density at radius 1 is 0.905 bits per heavy atom. The van der Waals surface area contributed by atoms with Gasteiger partial charge in [-0.25, -0.2) is 0 Å². The molecule has 0 amide bonds. The summed E-state index contributed by atoms with van der Waals surface area (Å²) in [6, 6.07) is 20.5. The van der Waals surface area contributed by atoms with E-state index < -0.39 is 0 Å². The second kappa shape index (κ2) is 4.86. The molecule has 5 heteroatoms. The Hall–Kier alpha value is -2.95. The fourth-order valence-electron chi connectivity index (χ4n) is 2.52. The number of anilines is 1. The van der Waals surface area contributed by atoms with Crippen molar-refractivity contribution in [3.8, 4) is 0 Å².